The summed E-state index contributed by atoms with van der Waals surface area (Å²) in [6.07, 6.45) is 0.933. The molecule has 2 amide bonds. The monoisotopic (exact) mass is 629 g/mol. The summed E-state index contributed by atoms with van der Waals surface area (Å²) in [5, 5.41) is 3.03. The number of rotatable bonds is 13. The van der Waals surface area contributed by atoms with Crippen molar-refractivity contribution >= 4 is 27.5 Å². The Balaban J connectivity index is 1.80. The van der Waals surface area contributed by atoms with Gasteiger partial charge in [0.15, 0.2) is 0 Å². The van der Waals surface area contributed by atoms with Gasteiger partial charge in [0.1, 0.15) is 18.4 Å². The van der Waals surface area contributed by atoms with Gasteiger partial charge in [-0.15, -0.1) is 0 Å². The number of carbonyl (C=O) groups is 2. The highest BCUT2D eigenvalue weighted by Gasteiger charge is 2.35. The van der Waals surface area contributed by atoms with Crippen LogP contribution in [0, 0.1) is 19.7 Å². The van der Waals surface area contributed by atoms with Crippen LogP contribution in [0.2, 0.25) is 0 Å². The minimum Gasteiger partial charge on any atom is -0.352 e. The molecule has 0 fully saturated rings. The number of aryl methyl sites for hydroxylation is 2. The van der Waals surface area contributed by atoms with Gasteiger partial charge < -0.3 is 10.2 Å². The number of benzene rings is 4. The minimum atomic E-state index is -4.30. The highest BCUT2D eigenvalue weighted by Crippen LogP contribution is 2.26. The molecule has 0 saturated carbocycles. The van der Waals surface area contributed by atoms with Crippen molar-refractivity contribution in [1.29, 1.82) is 0 Å². The minimum absolute atomic E-state index is 0.0876. The summed E-state index contributed by atoms with van der Waals surface area (Å²) in [5.74, 6) is -1.45. The highest BCUT2D eigenvalue weighted by molar-refractivity contribution is 7.92. The maximum atomic E-state index is 14.5. The first-order chi connectivity index (χ1) is 21.5. The van der Waals surface area contributed by atoms with Crippen molar-refractivity contribution in [3.8, 4) is 0 Å². The molecular formula is C36H40FN3O4S. The first-order valence-corrected chi connectivity index (χ1v) is 16.5. The van der Waals surface area contributed by atoms with E-state index in [9.17, 15) is 22.4 Å². The molecule has 0 aliphatic rings. The standard InChI is InChI=1S/C36H40FN3O4S/c1-5-28(4)38-36(42)34(23-29-11-7-6-8-12-29)39(24-30-13-9-10-27(3)22-30)35(41)25-40(32-18-14-26(2)15-19-32)45(43,44)33-20-16-31(37)17-21-33/h6-22,28,34H,5,23-25H2,1-4H3,(H,38,42)/t28-,34-/m1/s1. The topological polar surface area (TPSA) is 86.8 Å². The van der Waals surface area contributed by atoms with Gasteiger partial charge in [0, 0.05) is 19.0 Å². The van der Waals surface area contributed by atoms with Crippen molar-refractivity contribution in [1.82, 2.24) is 10.2 Å². The summed E-state index contributed by atoms with van der Waals surface area (Å²) >= 11 is 0. The fraction of sp³-hybridized carbons (Fsp3) is 0.278. The molecular weight excluding hydrogens is 589 g/mol. The molecule has 0 aliphatic carbocycles. The van der Waals surface area contributed by atoms with E-state index in [1.807, 2.05) is 82.3 Å². The number of carbonyl (C=O) groups excluding carboxylic acids is 2. The summed E-state index contributed by atoms with van der Waals surface area (Å²) in [6.45, 7) is 7.20. The number of hydrogen-bond acceptors (Lipinski definition) is 4. The van der Waals surface area contributed by atoms with E-state index >= 15 is 0 Å². The summed E-state index contributed by atoms with van der Waals surface area (Å²) in [6, 6.07) is 27.3. The number of sulfonamides is 1. The van der Waals surface area contributed by atoms with E-state index in [-0.39, 0.29) is 35.5 Å². The Labute approximate surface area is 265 Å². The lowest BCUT2D eigenvalue weighted by Crippen LogP contribution is -2.54. The first kappa shape index (κ1) is 33.4. The molecule has 0 saturated heterocycles. The Morgan fingerprint density at radius 3 is 2.09 bits per heavy atom. The molecule has 0 aliphatic heterocycles. The van der Waals surface area contributed by atoms with Crippen molar-refractivity contribution in [2.75, 3.05) is 10.8 Å². The molecule has 0 bridgehead atoms. The Hall–Kier alpha value is -4.50. The smallest absolute Gasteiger partial charge is 0.264 e. The fourth-order valence-corrected chi connectivity index (χ4v) is 6.39. The third kappa shape index (κ3) is 8.79. The molecule has 4 aromatic rings. The van der Waals surface area contributed by atoms with Crippen molar-refractivity contribution in [2.45, 2.75) is 64.1 Å². The fourth-order valence-electron chi connectivity index (χ4n) is 4.98. The van der Waals surface area contributed by atoms with Crippen LogP contribution in [0.25, 0.3) is 0 Å². The van der Waals surface area contributed by atoms with Crippen LogP contribution < -0.4 is 9.62 Å². The van der Waals surface area contributed by atoms with Gasteiger partial charge in [-0.3, -0.25) is 13.9 Å². The molecule has 4 aromatic carbocycles. The number of amides is 2. The summed E-state index contributed by atoms with van der Waals surface area (Å²) < 4.78 is 42.8. The van der Waals surface area contributed by atoms with E-state index in [0.29, 0.717) is 6.42 Å². The molecule has 4 rings (SSSR count). The normalized spacial score (nSPS) is 12.6. The molecule has 236 valence electrons. The maximum Gasteiger partial charge on any atom is 0.264 e. The zero-order valence-corrected chi connectivity index (χ0v) is 26.9. The average molecular weight is 630 g/mol. The Bertz CT molecular complexity index is 1690. The third-order valence-electron chi connectivity index (χ3n) is 7.71. The second-order valence-electron chi connectivity index (χ2n) is 11.3. The van der Waals surface area contributed by atoms with Crippen LogP contribution in [-0.2, 0) is 32.6 Å². The molecule has 7 nitrogen and oxygen atoms in total. The van der Waals surface area contributed by atoms with Crippen LogP contribution in [0.4, 0.5) is 10.1 Å². The lowest BCUT2D eigenvalue weighted by atomic mass is 10.0. The van der Waals surface area contributed by atoms with Gasteiger partial charge in [0.25, 0.3) is 10.0 Å². The predicted octanol–water partition coefficient (Wildman–Crippen LogP) is 6.19. The molecule has 2 atom stereocenters. The number of nitrogens with one attached hydrogen (secondary N) is 1. The molecule has 45 heavy (non-hydrogen) atoms. The van der Waals surface area contributed by atoms with Gasteiger partial charge in [0.2, 0.25) is 11.8 Å². The zero-order chi connectivity index (χ0) is 32.6. The Morgan fingerprint density at radius 1 is 0.822 bits per heavy atom. The van der Waals surface area contributed by atoms with Gasteiger partial charge in [-0.25, -0.2) is 12.8 Å². The molecule has 0 spiro atoms. The highest BCUT2D eigenvalue weighted by atomic mass is 32.2. The number of hydrogen-bond donors (Lipinski definition) is 1. The van der Waals surface area contributed by atoms with Gasteiger partial charge in [-0.1, -0.05) is 84.8 Å². The quantitative estimate of drug-likeness (QED) is 0.191. The van der Waals surface area contributed by atoms with E-state index in [1.165, 1.54) is 17.0 Å². The largest absolute Gasteiger partial charge is 0.352 e. The predicted molar refractivity (Wildman–Crippen MR) is 176 cm³/mol. The Kier molecular flexibility index (Phi) is 11.1. The van der Waals surface area contributed by atoms with Crippen molar-refractivity contribution in [3.05, 3.63) is 131 Å². The summed E-state index contributed by atoms with van der Waals surface area (Å²) in [5.41, 5.74) is 3.84. The van der Waals surface area contributed by atoms with Crippen LogP contribution in [0.5, 0.6) is 0 Å². The van der Waals surface area contributed by atoms with E-state index < -0.39 is 34.3 Å². The molecule has 9 heteroatoms. The molecule has 0 heterocycles. The lowest BCUT2D eigenvalue weighted by molar-refractivity contribution is -0.140. The summed E-state index contributed by atoms with van der Waals surface area (Å²) in [7, 11) is -4.30. The van der Waals surface area contributed by atoms with E-state index in [2.05, 4.69) is 5.32 Å². The van der Waals surface area contributed by atoms with Crippen LogP contribution in [0.1, 0.15) is 42.5 Å². The van der Waals surface area contributed by atoms with E-state index in [1.54, 1.807) is 24.3 Å². The van der Waals surface area contributed by atoms with Crippen LogP contribution in [-0.4, -0.2) is 43.8 Å². The van der Waals surface area contributed by atoms with Crippen LogP contribution >= 0.6 is 0 Å². The van der Waals surface area contributed by atoms with Crippen molar-refractivity contribution in [3.63, 3.8) is 0 Å². The van der Waals surface area contributed by atoms with Gasteiger partial charge in [0.05, 0.1) is 10.6 Å². The van der Waals surface area contributed by atoms with E-state index in [4.69, 9.17) is 0 Å². The van der Waals surface area contributed by atoms with Gasteiger partial charge in [-0.05, 0) is 74.7 Å². The van der Waals surface area contributed by atoms with Crippen LogP contribution in [0.15, 0.2) is 108 Å². The molecule has 1 N–H and O–H groups in total. The second kappa shape index (κ2) is 15.0. The average Bonchev–Trinajstić information content (AvgIpc) is 3.02. The number of nitrogens with zero attached hydrogens (tertiary/aromatic N) is 2. The number of anilines is 1. The SMILES string of the molecule is CC[C@@H](C)NC(=O)[C@@H](Cc1ccccc1)N(Cc1cccc(C)c1)C(=O)CN(c1ccc(C)cc1)S(=O)(=O)c1ccc(F)cc1. The first-order valence-electron chi connectivity index (χ1n) is 15.0. The van der Waals surface area contributed by atoms with E-state index in [0.717, 1.165) is 38.7 Å². The Morgan fingerprint density at radius 2 is 1.47 bits per heavy atom. The van der Waals surface area contributed by atoms with Crippen LogP contribution in [0.3, 0.4) is 0 Å². The summed E-state index contributed by atoms with van der Waals surface area (Å²) in [4.78, 5) is 29.7. The second-order valence-corrected chi connectivity index (χ2v) is 13.2. The molecule has 0 aromatic heterocycles. The molecule has 0 unspecified atom stereocenters. The van der Waals surface area contributed by atoms with Gasteiger partial charge >= 0.3 is 0 Å². The number of halogens is 1. The lowest BCUT2D eigenvalue weighted by Gasteiger charge is -2.34. The molecule has 0 radical (unpaired) electrons. The zero-order valence-electron chi connectivity index (χ0n) is 26.1. The van der Waals surface area contributed by atoms with Crippen molar-refractivity contribution < 1.29 is 22.4 Å². The van der Waals surface area contributed by atoms with Crippen molar-refractivity contribution in [2.24, 2.45) is 0 Å². The third-order valence-corrected chi connectivity index (χ3v) is 9.50. The maximum absolute atomic E-state index is 14.5. The van der Waals surface area contributed by atoms with Gasteiger partial charge in [-0.2, -0.15) is 0 Å².